The number of nitrogens with one attached hydrogen (secondary N) is 1. The predicted octanol–water partition coefficient (Wildman–Crippen LogP) is 4.56. The molecular weight excluding hydrogens is 388 g/mol. The Labute approximate surface area is 174 Å². The number of esters is 1. The normalized spacial score (nSPS) is 10.7. The second-order valence-electron chi connectivity index (χ2n) is 6.39. The van der Waals surface area contributed by atoms with E-state index in [1.54, 1.807) is 48.5 Å². The Morgan fingerprint density at radius 2 is 1.69 bits per heavy atom. The second-order valence-corrected chi connectivity index (χ2v) is 6.83. The van der Waals surface area contributed by atoms with Crippen molar-refractivity contribution in [1.82, 2.24) is 5.43 Å². The molecule has 0 saturated carbocycles. The van der Waals surface area contributed by atoms with Crippen LogP contribution in [-0.2, 0) is 11.2 Å². The summed E-state index contributed by atoms with van der Waals surface area (Å²) in [4.78, 5) is 24.3. The fourth-order valence-electron chi connectivity index (χ4n) is 2.53. The van der Waals surface area contributed by atoms with Crippen LogP contribution in [-0.4, -0.2) is 18.1 Å². The number of para-hydroxylation sites is 1. The molecule has 0 radical (unpaired) electrons. The maximum absolute atomic E-state index is 12.3. The zero-order chi connectivity index (χ0) is 20.6. The van der Waals surface area contributed by atoms with Crippen LogP contribution in [0, 0.1) is 6.92 Å². The van der Waals surface area contributed by atoms with Gasteiger partial charge < -0.3 is 4.74 Å². The first-order valence-electron chi connectivity index (χ1n) is 8.95. The molecule has 146 valence electrons. The molecule has 0 aliphatic rings. The first-order chi connectivity index (χ1) is 14.0. The highest BCUT2D eigenvalue weighted by Crippen LogP contribution is 2.18. The lowest BCUT2D eigenvalue weighted by atomic mass is 10.1. The van der Waals surface area contributed by atoms with Crippen LogP contribution in [0.2, 0.25) is 5.02 Å². The van der Waals surface area contributed by atoms with Gasteiger partial charge in [0, 0.05) is 10.6 Å². The van der Waals surface area contributed by atoms with Crippen molar-refractivity contribution in [1.29, 1.82) is 0 Å². The second kappa shape index (κ2) is 9.66. The van der Waals surface area contributed by atoms with Crippen molar-refractivity contribution in [2.75, 3.05) is 0 Å². The number of nitrogens with zero attached hydrogens (tertiary/aromatic N) is 1. The fraction of sp³-hybridized carbons (Fsp3) is 0.0870. The van der Waals surface area contributed by atoms with Crippen LogP contribution in [0.5, 0.6) is 5.75 Å². The Kier molecular flexibility index (Phi) is 6.76. The molecule has 0 bridgehead atoms. The quantitative estimate of drug-likeness (QED) is 0.282. The summed E-state index contributed by atoms with van der Waals surface area (Å²) in [5.74, 6) is -0.407. The molecule has 0 atom stereocenters. The predicted molar refractivity (Wildman–Crippen MR) is 113 cm³/mol. The highest BCUT2D eigenvalue weighted by Gasteiger charge is 2.11. The smallest absolute Gasteiger partial charge is 0.343 e. The fourth-order valence-corrected chi connectivity index (χ4v) is 2.66. The highest BCUT2D eigenvalue weighted by atomic mass is 35.5. The number of ether oxygens (including phenoxy) is 1. The van der Waals surface area contributed by atoms with Gasteiger partial charge in [0.05, 0.1) is 18.2 Å². The third-order valence-electron chi connectivity index (χ3n) is 4.08. The van der Waals surface area contributed by atoms with Gasteiger partial charge in [-0.2, -0.15) is 5.10 Å². The van der Waals surface area contributed by atoms with Crippen molar-refractivity contribution < 1.29 is 14.3 Å². The molecule has 3 rings (SSSR count). The summed E-state index contributed by atoms with van der Waals surface area (Å²) < 4.78 is 5.45. The van der Waals surface area contributed by atoms with Crippen molar-refractivity contribution in [3.05, 3.63) is 100 Å². The lowest BCUT2D eigenvalue weighted by Gasteiger charge is -2.07. The van der Waals surface area contributed by atoms with Crippen molar-refractivity contribution in [2.45, 2.75) is 13.3 Å². The van der Waals surface area contributed by atoms with Crippen molar-refractivity contribution in [3.63, 3.8) is 0 Å². The summed E-state index contributed by atoms with van der Waals surface area (Å²) in [6.07, 6.45) is 1.67. The summed E-state index contributed by atoms with van der Waals surface area (Å²) >= 11 is 5.84. The van der Waals surface area contributed by atoms with Crippen LogP contribution in [0.3, 0.4) is 0 Å². The Morgan fingerprint density at radius 3 is 2.41 bits per heavy atom. The maximum Gasteiger partial charge on any atom is 0.343 e. The van der Waals surface area contributed by atoms with E-state index < -0.39 is 5.97 Å². The molecule has 0 spiro atoms. The van der Waals surface area contributed by atoms with Gasteiger partial charge in [0.1, 0.15) is 5.75 Å². The molecule has 0 saturated heterocycles. The SMILES string of the molecule is Cc1ccc(CC(=O)N/N=C/c2ccccc2OC(=O)c2ccc(Cl)cc2)cc1. The molecule has 0 aromatic heterocycles. The van der Waals surface area contributed by atoms with Crippen LogP contribution < -0.4 is 10.2 Å². The van der Waals surface area contributed by atoms with Gasteiger partial charge in [-0.25, -0.2) is 10.2 Å². The molecule has 5 nitrogen and oxygen atoms in total. The monoisotopic (exact) mass is 406 g/mol. The Bertz CT molecular complexity index is 1030. The van der Waals surface area contributed by atoms with Crippen LogP contribution in [0.4, 0.5) is 0 Å². The minimum atomic E-state index is -0.508. The van der Waals surface area contributed by atoms with Crippen LogP contribution >= 0.6 is 11.6 Å². The molecule has 1 N–H and O–H groups in total. The van der Waals surface area contributed by atoms with E-state index in [4.69, 9.17) is 16.3 Å². The van der Waals surface area contributed by atoms with Crippen LogP contribution in [0.25, 0.3) is 0 Å². The first kappa shape index (κ1) is 20.3. The average molecular weight is 407 g/mol. The third-order valence-corrected chi connectivity index (χ3v) is 4.33. The van der Waals surface area contributed by atoms with E-state index in [1.807, 2.05) is 31.2 Å². The Balaban J connectivity index is 1.62. The van der Waals surface area contributed by atoms with Crippen LogP contribution in [0.1, 0.15) is 27.0 Å². The molecule has 0 unspecified atom stereocenters. The topological polar surface area (TPSA) is 67.8 Å². The van der Waals surface area contributed by atoms with Gasteiger partial charge in [-0.1, -0.05) is 53.6 Å². The zero-order valence-corrected chi connectivity index (χ0v) is 16.5. The molecular formula is C23H19ClN2O3. The summed E-state index contributed by atoms with van der Waals surface area (Å²) in [6, 6.07) is 21.1. The largest absolute Gasteiger partial charge is 0.422 e. The minimum Gasteiger partial charge on any atom is -0.422 e. The van der Waals surface area contributed by atoms with Gasteiger partial charge in [0.15, 0.2) is 0 Å². The van der Waals surface area contributed by atoms with Gasteiger partial charge in [-0.05, 0) is 48.9 Å². The third kappa shape index (κ3) is 6.02. The number of hydrogen-bond acceptors (Lipinski definition) is 4. The zero-order valence-electron chi connectivity index (χ0n) is 15.8. The Morgan fingerprint density at radius 1 is 1.00 bits per heavy atom. The summed E-state index contributed by atoms with van der Waals surface area (Å²) in [6.45, 7) is 1.99. The maximum atomic E-state index is 12.3. The van der Waals surface area contributed by atoms with Gasteiger partial charge in [-0.15, -0.1) is 0 Å². The molecule has 0 heterocycles. The number of rotatable bonds is 6. The van der Waals surface area contributed by atoms with Gasteiger partial charge in [-0.3, -0.25) is 4.79 Å². The molecule has 3 aromatic rings. The number of carbonyl (C=O) groups is 2. The highest BCUT2D eigenvalue weighted by molar-refractivity contribution is 6.30. The number of aryl methyl sites for hydroxylation is 1. The van der Waals surface area contributed by atoms with E-state index in [0.29, 0.717) is 21.9 Å². The lowest BCUT2D eigenvalue weighted by Crippen LogP contribution is -2.19. The number of benzene rings is 3. The van der Waals surface area contributed by atoms with E-state index >= 15 is 0 Å². The van der Waals surface area contributed by atoms with E-state index in [0.717, 1.165) is 11.1 Å². The molecule has 0 aliphatic carbocycles. The average Bonchev–Trinajstić information content (AvgIpc) is 2.71. The minimum absolute atomic E-state index is 0.227. The van der Waals surface area contributed by atoms with E-state index in [9.17, 15) is 9.59 Å². The number of hydrogen-bond donors (Lipinski definition) is 1. The molecule has 1 amide bonds. The molecule has 0 aliphatic heterocycles. The number of halogens is 1. The van der Waals surface area contributed by atoms with E-state index in [-0.39, 0.29) is 12.3 Å². The van der Waals surface area contributed by atoms with Crippen LogP contribution in [0.15, 0.2) is 77.9 Å². The molecule has 6 heteroatoms. The standard InChI is InChI=1S/C23H19ClN2O3/c1-16-6-8-17(9-7-16)14-22(27)26-25-15-19-4-2-3-5-21(19)29-23(28)18-10-12-20(24)13-11-18/h2-13,15H,14H2,1H3,(H,26,27)/b25-15+. The molecule has 3 aromatic carbocycles. The number of hydrazone groups is 1. The first-order valence-corrected chi connectivity index (χ1v) is 9.33. The number of amides is 1. The Hall–Kier alpha value is -3.44. The lowest BCUT2D eigenvalue weighted by molar-refractivity contribution is -0.120. The molecule has 29 heavy (non-hydrogen) atoms. The summed E-state index contributed by atoms with van der Waals surface area (Å²) in [5, 5.41) is 4.51. The summed E-state index contributed by atoms with van der Waals surface area (Å²) in [5.41, 5.74) is 5.47. The van der Waals surface area contributed by atoms with Gasteiger partial charge >= 0.3 is 5.97 Å². The van der Waals surface area contributed by atoms with Crippen molar-refractivity contribution in [2.24, 2.45) is 5.10 Å². The van der Waals surface area contributed by atoms with Gasteiger partial charge in [0.2, 0.25) is 5.91 Å². The van der Waals surface area contributed by atoms with Crippen molar-refractivity contribution >= 4 is 29.7 Å². The van der Waals surface area contributed by atoms with E-state index in [2.05, 4.69) is 10.5 Å². The molecule has 0 fully saturated rings. The number of carbonyl (C=O) groups excluding carboxylic acids is 2. The van der Waals surface area contributed by atoms with E-state index in [1.165, 1.54) is 6.21 Å². The van der Waals surface area contributed by atoms with Crippen molar-refractivity contribution in [3.8, 4) is 5.75 Å². The van der Waals surface area contributed by atoms with Gasteiger partial charge in [0.25, 0.3) is 0 Å². The summed E-state index contributed by atoms with van der Waals surface area (Å²) in [7, 11) is 0.